The lowest BCUT2D eigenvalue weighted by Crippen LogP contribution is -2.51. The van der Waals surface area contributed by atoms with Crippen LogP contribution in [-0.4, -0.2) is 80.8 Å². The molecule has 2 rings (SSSR count). The second kappa shape index (κ2) is 8.96. The van der Waals surface area contributed by atoms with Gasteiger partial charge in [0.1, 0.15) is 0 Å². The third kappa shape index (κ3) is 5.27. The van der Waals surface area contributed by atoms with Crippen LogP contribution in [0.1, 0.15) is 32.6 Å². The number of guanidine groups is 1. The first-order valence-corrected chi connectivity index (χ1v) is 8.73. The van der Waals surface area contributed by atoms with Crippen molar-refractivity contribution in [3.05, 3.63) is 0 Å². The first kappa shape index (κ1) is 17.8. The van der Waals surface area contributed by atoms with Crippen molar-refractivity contribution in [1.82, 2.24) is 20.4 Å². The molecule has 0 aromatic carbocycles. The van der Waals surface area contributed by atoms with E-state index < -0.39 is 0 Å². The summed E-state index contributed by atoms with van der Waals surface area (Å²) in [7, 11) is 3.99. The second-order valence-corrected chi connectivity index (χ2v) is 6.33. The highest BCUT2D eigenvalue weighted by Gasteiger charge is 2.25. The Morgan fingerprint density at radius 2 is 2.00 bits per heavy atom. The molecule has 2 aliphatic rings. The lowest BCUT2D eigenvalue weighted by molar-refractivity contribution is 0.0963. The number of amides is 1. The Morgan fingerprint density at radius 3 is 2.57 bits per heavy atom. The zero-order chi connectivity index (χ0) is 16.7. The summed E-state index contributed by atoms with van der Waals surface area (Å²) in [6, 6.07) is 0.951. The predicted octanol–water partition coefficient (Wildman–Crippen LogP) is 0.867. The summed E-state index contributed by atoms with van der Waals surface area (Å²) >= 11 is 0. The fourth-order valence-electron chi connectivity index (χ4n) is 3.26. The van der Waals surface area contributed by atoms with Crippen molar-refractivity contribution < 1.29 is 9.53 Å². The van der Waals surface area contributed by atoms with Gasteiger partial charge < -0.3 is 25.2 Å². The lowest BCUT2D eigenvalue weighted by atomic mass is 10.1. The highest BCUT2D eigenvalue weighted by atomic mass is 16.6. The fourth-order valence-corrected chi connectivity index (χ4v) is 3.26. The Kier molecular flexibility index (Phi) is 6.95. The molecule has 0 aromatic heterocycles. The van der Waals surface area contributed by atoms with E-state index in [0.717, 1.165) is 38.4 Å². The molecule has 2 heterocycles. The van der Waals surface area contributed by atoms with E-state index in [-0.39, 0.29) is 6.09 Å². The van der Waals surface area contributed by atoms with Gasteiger partial charge in [-0.3, -0.25) is 4.99 Å². The van der Waals surface area contributed by atoms with Crippen molar-refractivity contribution in [3.63, 3.8) is 0 Å². The van der Waals surface area contributed by atoms with Gasteiger partial charge in [0.05, 0.1) is 6.61 Å². The van der Waals surface area contributed by atoms with Crippen LogP contribution in [0.5, 0.6) is 0 Å². The summed E-state index contributed by atoms with van der Waals surface area (Å²) in [5.74, 6) is 0.861. The van der Waals surface area contributed by atoms with Crippen LogP contribution in [0.15, 0.2) is 4.99 Å². The van der Waals surface area contributed by atoms with Gasteiger partial charge in [0.25, 0.3) is 0 Å². The van der Waals surface area contributed by atoms with E-state index in [1.807, 2.05) is 6.92 Å². The molecule has 1 amide bonds. The Morgan fingerprint density at radius 1 is 1.26 bits per heavy atom. The molecule has 7 nitrogen and oxygen atoms in total. The number of piperidine rings is 1. The number of carbonyl (C=O) groups is 1. The minimum absolute atomic E-state index is 0.197. The minimum Gasteiger partial charge on any atom is -0.450 e. The molecule has 1 unspecified atom stereocenters. The quantitative estimate of drug-likeness (QED) is 0.593. The molecule has 0 aliphatic carbocycles. The van der Waals surface area contributed by atoms with Crippen LogP contribution >= 0.6 is 0 Å². The van der Waals surface area contributed by atoms with Gasteiger partial charge in [0.2, 0.25) is 0 Å². The molecular weight excluding hydrogens is 294 g/mol. The molecular formula is C16H31N5O2. The summed E-state index contributed by atoms with van der Waals surface area (Å²) in [5, 5.41) is 6.91. The molecule has 2 aliphatic heterocycles. The van der Waals surface area contributed by atoms with E-state index in [9.17, 15) is 4.79 Å². The maximum absolute atomic E-state index is 11.7. The molecule has 132 valence electrons. The topological polar surface area (TPSA) is 69.2 Å². The number of likely N-dealkylation sites (tertiary alicyclic amines) is 2. The number of aliphatic imine (C=N–C) groups is 1. The normalized spacial score (nSPS) is 23.9. The zero-order valence-corrected chi connectivity index (χ0v) is 14.7. The van der Waals surface area contributed by atoms with Crippen LogP contribution in [0, 0.1) is 0 Å². The first-order valence-electron chi connectivity index (χ1n) is 8.73. The van der Waals surface area contributed by atoms with Crippen LogP contribution in [0.25, 0.3) is 0 Å². The van der Waals surface area contributed by atoms with Gasteiger partial charge in [-0.1, -0.05) is 0 Å². The number of rotatable bonds is 4. The molecule has 0 aromatic rings. The molecule has 0 bridgehead atoms. The van der Waals surface area contributed by atoms with Crippen molar-refractivity contribution >= 4 is 12.1 Å². The van der Waals surface area contributed by atoms with E-state index in [0.29, 0.717) is 18.7 Å². The van der Waals surface area contributed by atoms with Crippen LogP contribution < -0.4 is 10.6 Å². The standard InChI is InChI=1S/C16H31N5O2/c1-4-23-16(22)21-10-7-13(8-11-21)19-15(17-2)18-12-14-6-5-9-20(14)3/h13-14H,4-12H2,1-3H3,(H2,17,18,19). The number of ether oxygens (including phenoxy) is 1. The van der Waals surface area contributed by atoms with E-state index in [1.54, 1.807) is 11.9 Å². The Hall–Kier alpha value is -1.50. The average Bonchev–Trinajstić information content (AvgIpc) is 2.97. The van der Waals surface area contributed by atoms with Crippen molar-refractivity contribution in [2.24, 2.45) is 4.99 Å². The highest BCUT2D eigenvalue weighted by molar-refractivity contribution is 5.80. The van der Waals surface area contributed by atoms with Gasteiger partial charge in [-0.05, 0) is 46.2 Å². The third-order valence-electron chi connectivity index (χ3n) is 4.76. The highest BCUT2D eigenvalue weighted by Crippen LogP contribution is 2.14. The van der Waals surface area contributed by atoms with Crippen molar-refractivity contribution in [2.45, 2.75) is 44.7 Å². The van der Waals surface area contributed by atoms with Gasteiger partial charge in [0.15, 0.2) is 5.96 Å². The summed E-state index contributed by atoms with van der Waals surface area (Å²) < 4.78 is 5.05. The molecule has 2 fully saturated rings. The molecule has 1 atom stereocenters. The lowest BCUT2D eigenvalue weighted by Gasteiger charge is -2.32. The Labute approximate surface area is 139 Å². The van der Waals surface area contributed by atoms with Crippen molar-refractivity contribution in [3.8, 4) is 0 Å². The fraction of sp³-hybridized carbons (Fsp3) is 0.875. The molecule has 0 spiro atoms. The van der Waals surface area contributed by atoms with Gasteiger partial charge in [-0.2, -0.15) is 0 Å². The molecule has 7 heteroatoms. The zero-order valence-electron chi connectivity index (χ0n) is 14.7. The number of likely N-dealkylation sites (N-methyl/N-ethyl adjacent to an activating group) is 1. The Bertz CT molecular complexity index is 407. The van der Waals surface area contributed by atoms with Crippen LogP contribution in [0.3, 0.4) is 0 Å². The van der Waals surface area contributed by atoms with Gasteiger partial charge in [-0.25, -0.2) is 4.79 Å². The van der Waals surface area contributed by atoms with E-state index in [4.69, 9.17) is 4.74 Å². The second-order valence-electron chi connectivity index (χ2n) is 6.33. The maximum atomic E-state index is 11.7. The molecule has 2 N–H and O–H groups in total. The summed E-state index contributed by atoms with van der Waals surface area (Å²) in [6.45, 7) is 5.85. The number of nitrogens with one attached hydrogen (secondary N) is 2. The molecule has 23 heavy (non-hydrogen) atoms. The maximum Gasteiger partial charge on any atom is 0.409 e. The van der Waals surface area contributed by atoms with E-state index in [1.165, 1.54) is 19.4 Å². The SMILES string of the molecule is CCOC(=O)N1CCC(NC(=NC)NCC2CCCN2C)CC1. The third-order valence-corrected chi connectivity index (χ3v) is 4.76. The number of hydrogen-bond donors (Lipinski definition) is 2. The molecule has 0 saturated carbocycles. The number of carbonyl (C=O) groups excluding carboxylic acids is 1. The molecule has 0 radical (unpaired) electrons. The van der Waals surface area contributed by atoms with Gasteiger partial charge >= 0.3 is 6.09 Å². The van der Waals surface area contributed by atoms with Gasteiger partial charge in [-0.15, -0.1) is 0 Å². The van der Waals surface area contributed by atoms with Crippen LogP contribution in [-0.2, 0) is 4.74 Å². The smallest absolute Gasteiger partial charge is 0.409 e. The van der Waals surface area contributed by atoms with Crippen LogP contribution in [0.2, 0.25) is 0 Å². The largest absolute Gasteiger partial charge is 0.450 e. The van der Waals surface area contributed by atoms with E-state index in [2.05, 4.69) is 27.6 Å². The van der Waals surface area contributed by atoms with E-state index >= 15 is 0 Å². The predicted molar refractivity (Wildman–Crippen MR) is 91.8 cm³/mol. The Balaban J connectivity index is 1.70. The van der Waals surface area contributed by atoms with Crippen LogP contribution in [0.4, 0.5) is 4.79 Å². The number of nitrogens with zero attached hydrogens (tertiary/aromatic N) is 3. The average molecular weight is 325 g/mol. The number of hydrogen-bond acceptors (Lipinski definition) is 4. The van der Waals surface area contributed by atoms with Crippen molar-refractivity contribution in [1.29, 1.82) is 0 Å². The summed E-state index contributed by atoms with van der Waals surface area (Å²) in [5.41, 5.74) is 0. The van der Waals surface area contributed by atoms with Crippen molar-refractivity contribution in [2.75, 3.05) is 46.9 Å². The van der Waals surface area contributed by atoms with Gasteiger partial charge in [0, 0.05) is 38.8 Å². The molecule has 2 saturated heterocycles. The minimum atomic E-state index is -0.197. The summed E-state index contributed by atoms with van der Waals surface area (Å²) in [6.07, 6.45) is 4.17. The first-order chi connectivity index (χ1) is 11.1. The monoisotopic (exact) mass is 325 g/mol. The summed E-state index contributed by atoms with van der Waals surface area (Å²) in [4.78, 5) is 20.2.